The smallest absolute Gasteiger partial charge is 0.326 e. The van der Waals surface area contributed by atoms with Crippen LogP contribution in [0.25, 0.3) is 0 Å². The predicted octanol–water partition coefficient (Wildman–Crippen LogP) is 2.77. The Labute approximate surface area is 120 Å². The average molecular weight is 277 g/mol. The van der Waals surface area contributed by atoms with Crippen molar-refractivity contribution >= 4 is 11.9 Å². The zero-order valence-electron chi connectivity index (χ0n) is 12.0. The van der Waals surface area contributed by atoms with Gasteiger partial charge >= 0.3 is 5.97 Å². The van der Waals surface area contributed by atoms with Crippen molar-refractivity contribution in [2.75, 3.05) is 0 Å². The summed E-state index contributed by atoms with van der Waals surface area (Å²) in [7, 11) is 0. The molecule has 20 heavy (non-hydrogen) atoms. The van der Waals surface area contributed by atoms with Crippen LogP contribution in [0.2, 0.25) is 0 Å². The lowest BCUT2D eigenvalue weighted by Crippen LogP contribution is -2.41. The van der Waals surface area contributed by atoms with E-state index < -0.39 is 12.0 Å². The minimum absolute atomic E-state index is 0.222. The maximum absolute atomic E-state index is 11.8. The number of nitrogens with one attached hydrogen (secondary N) is 1. The van der Waals surface area contributed by atoms with E-state index in [1.807, 2.05) is 30.3 Å². The molecule has 4 nitrogen and oxygen atoms in total. The molecule has 0 aliphatic rings. The Morgan fingerprint density at radius 2 is 1.85 bits per heavy atom. The van der Waals surface area contributed by atoms with Crippen molar-refractivity contribution < 1.29 is 14.7 Å². The van der Waals surface area contributed by atoms with Gasteiger partial charge < -0.3 is 10.4 Å². The highest BCUT2D eigenvalue weighted by Crippen LogP contribution is 2.07. The lowest BCUT2D eigenvalue weighted by molar-refractivity contribution is -0.142. The molecule has 0 aliphatic carbocycles. The number of hydrogen-bond acceptors (Lipinski definition) is 2. The number of carboxylic acid groups (broad SMARTS) is 1. The molecule has 0 aromatic heterocycles. The largest absolute Gasteiger partial charge is 0.480 e. The number of carbonyl (C=O) groups excluding carboxylic acids is 1. The summed E-state index contributed by atoms with van der Waals surface area (Å²) in [4.78, 5) is 23.0. The van der Waals surface area contributed by atoms with Crippen molar-refractivity contribution in [2.45, 2.75) is 51.5 Å². The van der Waals surface area contributed by atoms with Gasteiger partial charge in [-0.1, -0.05) is 62.9 Å². The van der Waals surface area contributed by atoms with Crippen LogP contribution in [0.5, 0.6) is 0 Å². The number of amides is 1. The number of carboxylic acids is 1. The lowest BCUT2D eigenvalue weighted by Gasteiger charge is -2.14. The van der Waals surface area contributed by atoms with E-state index in [0.29, 0.717) is 6.42 Å². The normalized spacial score (nSPS) is 11.8. The minimum atomic E-state index is -0.956. The third-order valence-electron chi connectivity index (χ3n) is 3.19. The fraction of sp³-hybridized carbons (Fsp3) is 0.500. The molecule has 0 saturated heterocycles. The summed E-state index contributed by atoms with van der Waals surface area (Å²) in [5, 5.41) is 11.7. The van der Waals surface area contributed by atoms with Crippen molar-refractivity contribution in [1.29, 1.82) is 0 Å². The number of aliphatic carboxylic acids is 1. The van der Waals surface area contributed by atoms with Gasteiger partial charge in [-0.15, -0.1) is 0 Å². The highest BCUT2D eigenvalue weighted by atomic mass is 16.4. The van der Waals surface area contributed by atoms with Gasteiger partial charge in [-0.2, -0.15) is 0 Å². The van der Waals surface area contributed by atoms with Crippen LogP contribution in [0.3, 0.4) is 0 Å². The Hall–Kier alpha value is -1.84. The summed E-state index contributed by atoms with van der Waals surface area (Å²) in [6.45, 7) is 2.11. The van der Waals surface area contributed by atoms with Gasteiger partial charge in [-0.3, -0.25) is 4.79 Å². The molecular formula is C16H23NO3. The molecule has 2 N–H and O–H groups in total. The number of benzene rings is 1. The van der Waals surface area contributed by atoms with Gasteiger partial charge in [0.25, 0.3) is 0 Å². The van der Waals surface area contributed by atoms with Crippen LogP contribution in [0.4, 0.5) is 0 Å². The van der Waals surface area contributed by atoms with Gasteiger partial charge in [0.2, 0.25) is 5.91 Å². The van der Waals surface area contributed by atoms with Crippen LogP contribution < -0.4 is 5.32 Å². The molecule has 1 atom stereocenters. The quantitative estimate of drug-likeness (QED) is 0.682. The fourth-order valence-corrected chi connectivity index (χ4v) is 2.06. The Bertz CT molecular complexity index is 417. The molecular weight excluding hydrogens is 254 g/mol. The zero-order valence-corrected chi connectivity index (χ0v) is 12.0. The molecule has 110 valence electrons. The van der Waals surface area contributed by atoms with Crippen LogP contribution in [-0.4, -0.2) is 23.0 Å². The maximum atomic E-state index is 11.8. The van der Waals surface area contributed by atoms with Crippen LogP contribution in [0.1, 0.15) is 44.6 Å². The lowest BCUT2D eigenvalue weighted by atomic mass is 10.1. The number of hydrogen-bond donors (Lipinski definition) is 2. The summed E-state index contributed by atoms with van der Waals surface area (Å²) in [5.41, 5.74) is 0.889. The molecule has 1 rings (SSSR count). The minimum Gasteiger partial charge on any atom is -0.480 e. The van der Waals surface area contributed by atoms with Crippen LogP contribution in [0.15, 0.2) is 30.3 Å². The summed E-state index contributed by atoms with van der Waals surface area (Å²) in [6, 6.07) is 8.55. The first kappa shape index (κ1) is 16.2. The molecule has 0 spiro atoms. The van der Waals surface area contributed by atoms with Crippen molar-refractivity contribution in [1.82, 2.24) is 5.32 Å². The summed E-state index contributed by atoms with van der Waals surface area (Å²) >= 11 is 0. The first-order valence-corrected chi connectivity index (χ1v) is 7.19. The number of rotatable bonds is 9. The van der Waals surface area contributed by atoms with E-state index >= 15 is 0 Å². The second-order valence-electron chi connectivity index (χ2n) is 4.97. The van der Waals surface area contributed by atoms with Crippen LogP contribution in [0, 0.1) is 0 Å². The van der Waals surface area contributed by atoms with Gasteiger partial charge in [0.15, 0.2) is 0 Å². The Morgan fingerprint density at radius 1 is 1.15 bits per heavy atom. The first-order valence-electron chi connectivity index (χ1n) is 7.19. The Kier molecular flexibility index (Phi) is 7.40. The molecule has 1 amide bonds. The van der Waals surface area contributed by atoms with Gasteiger partial charge in [0, 0.05) is 0 Å². The maximum Gasteiger partial charge on any atom is 0.326 e. The van der Waals surface area contributed by atoms with E-state index in [2.05, 4.69) is 12.2 Å². The molecule has 1 aromatic rings. The van der Waals surface area contributed by atoms with E-state index in [0.717, 1.165) is 31.2 Å². The summed E-state index contributed by atoms with van der Waals surface area (Å²) in [5.74, 6) is -1.19. The monoisotopic (exact) mass is 277 g/mol. The van der Waals surface area contributed by atoms with Crippen LogP contribution >= 0.6 is 0 Å². The third kappa shape index (κ3) is 6.36. The molecule has 4 heteroatoms. The van der Waals surface area contributed by atoms with Crippen molar-refractivity contribution in [3.63, 3.8) is 0 Å². The Morgan fingerprint density at radius 3 is 2.45 bits per heavy atom. The zero-order chi connectivity index (χ0) is 14.8. The highest BCUT2D eigenvalue weighted by Gasteiger charge is 2.19. The number of carbonyl (C=O) groups is 2. The van der Waals surface area contributed by atoms with E-state index in [4.69, 9.17) is 5.11 Å². The van der Waals surface area contributed by atoms with Gasteiger partial charge in [-0.05, 0) is 12.0 Å². The van der Waals surface area contributed by atoms with Gasteiger partial charge in [0.1, 0.15) is 6.04 Å². The van der Waals surface area contributed by atoms with Gasteiger partial charge in [0.05, 0.1) is 6.42 Å². The highest BCUT2D eigenvalue weighted by molar-refractivity contribution is 5.84. The summed E-state index contributed by atoms with van der Waals surface area (Å²) in [6.07, 6.45) is 4.77. The van der Waals surface area contributed by atoms with E-state index in [9.17, 15) is 9.59 Å². The van der Waals surface area contributed by atoms with E-state index in [1.165, 1.54) is 0 Å². The van der Waals surface area contributed by atoms with E-state index in [1.54, 1.807) is 0 Å². The Balaban J connectivity index is 2.40. The molecule has 0 radical (unpaired) electrons. The molecule has 0 saturated carbocycles. The molecule has 0 unspecified atom stereocenters. The van der Waals surface area contributed by atoms with Crippen molar-refractivity contribution in [2.24, 2.45) is 0 Å². The molecule has 0 fully saturated rings. The molecule has 0 heterocycles. The second-order valence-corrected chi connectivity index (χ2v) is 4.97. The molecule has 0 bridgehead atoms. The average Bonchev–Trinajstić information content (AvgIpc) is 2.43. The van der Waals surface area contributed by atoms with Crippen LogP contribution in [-0.2, 0) is 16.0 Å². The molecule has 0 aliphatic heterocycles. The molecule has 1 aromatic carbocycles. The first-order chi connectivity index (χ1) is 9.63. The second kappa shape index (κ2) is 9.13. The third-order valence-corrected chi connectivity index (χ3v) is 3.19. The topological polar surface area (TPSA) is 66.4 Å². The fourth-order valence-electron chi connectivity index (χ4n) is 2.06. The number of unbranched alkanes of at least 4 members (excludes halogenated alkanes) is 3. The summed E-state index contributed by atoms with van der Waals surface area (Å²) < 4.78 is 0. The van der Waals surface area contributed by atoms with Gasteiger partial charge in [-0.25, -0.2) is 4.79 Å². The van der Waals surface area contributed by atoms with Crippen molar-refractivity contribution in [3.05, 3.63) is 35.9 Å². The standard InChI is InChI=1S/C16H23NO3/c1-2-3-4-8-11-14(16(19)20)17-15(18)12-13-9-6-5-7-10-13/h5-7,9-10,14H,2-4,8,11-12H2,1H3,(H,17,18)(H,19,20)/t14-/m0/s1. The van der Waals surface area contributed by atoms with Crippen molar-refractivity contribution in [3.8, 4) is 0 Å². The SMILES string of the molecule is CCCCCC[C@H](NC(=O)Cc1ccccc1)C(=O)O. The predicted molar refractivity (Wildman–Crippen MR) is 78.5 cm³/mol. The van der Waals surface area contributed by atoms with E-state index in [-0.39, 0.29) is 12.3 Å².